The van der Waals surface area contributed by atoms with Gasteiger partial charge in [-0.15, -0.1) is 0 Å². The lowest BCUT2D eigenvalue weighted by Crippen LogP contribution is -2.42. The van der Waals surface area contributed by atoms with Gasteiger partial charge in [-0.25, -0.2) is 0 Å². The topological polar surface area (TPSA) is 77.1 Å². The van der Waals surface area contributed by atoms with Crippen LogP contribution in [0.4, 0.5) is 11.4 Å². The molecule has 2 aromatic carbocycles. The van der Waals surface area contributed by atoms with E-state index in [-0.39, 0.29) is 18.4 Å². The van der Waals surface area contributed by atoms with E-state index in [1.807, 2.05) is 35.0 Å². The minimum atomic E-state index is -0.339. The van der Waals surface area contributed by atoms with Crippen LogP contribution in [0.15, 0.2) is 47.2 Å². The molecule has 2 amide bonds. The largest absolute Gasteiger partial charge is 0.493 e. The predicted octanol–water partition coefficient (Wildman–Crippen LogP) is 4.04. The lowest BCUT2D eigenvalue weighted by Gasteiger charge is -2.30. The van der Waals surface area contributed by atoms with Crippen LogP contribution in [0.5, 0.6) is 17.2 Å². The molecule has 1 aliphatic heterocycles. The van der Waals surface area contributed by atoms with E-state index in [1.165, 1.54) is 26.2 Å². The molecule has 0 spiro atoms. The Labute approximate surface area is 177 Å². The number of rotatable bonds is 5. The second-order valence-corrected chi connectivity index (χ2v) is 7.38. The van der Waals surface area contributed by atoms with Gasteiger partial charge in [0.15, 0.2) is 11.5 Å². The standard InChI is InChI=1S/C22H20N2O5S/c1-27-18-9-15(10-19(28-2)21(18)29-3)22(26)24-11-20(25)23-16-8-13(4-5-17(16)24)14-6-7-30-12-14/h4-10,12H,11H2,1-3H3,(H,23,25). The molecule has 30 heavy (non-hydrogen) atoms. The van der Waals surface area contributed by atoms with Gasteiger partial charge in [0.05, 0.1) is 32.7 Å². The smallest absolute Gasteiger partial charge is 0.259 e. The molecule has 7 nitrogen and oxygen atoms in total. The second kappa shape index (κ2) is 8.08. The maximum absolute atomic E-state index is 13.4. The zero-order chi connectivity index (χ0) is 21.3. The second-order valence-electron chi connectivity index (χ2n) is 6.60. The molecule has 0 bridgehead atoms. The molecular weight excluding hydrogens is 404 g/mol. The van der Waals surface area contributed by atoms with Crippen LogP contribution in [0.3, 0.4) is 0 Å². The summed E-state index contributed by atoms with van der Waals surface area (Å²) in [7, 11) is 4.47. The summed E-state index contributed by atoms with van der Waals surface area (Å²) in [4.78, 5) is 27.1. The van der Waals surface area contributed by atoms with Crippen molar-refractivity contribution in [2.45, 2.75) is 0 Å². The number of fused-ring (bicyclic) bond motifs is 1. The number of benzene rings is 2. The molecule has 0 saturated heterocycles. The first-order chi connectivity index (χ1) is 14.5. The Morgan fingerprint density at radius 1 is 1.00 bits per heavy atom. The van der Waals surface area contributed by atoms with Crippen LogP contribution in [0.25, 0.3) is 11.1 Å². The minimum Gasteiger partial charge on any atom is -0.493 e. The fourth-order valence-electron chi connectivity index (χ4n) is 3.44. The third-order valence-corrected chi connectivity index (χ3v) is 5.56. The van der Waals surface area contributed by atoms with Gasteiger partial charge in [0.2, 0.25) is 11.7 Å². The van der Waals surface area contributed by atoms with Crippen molar-refractivity contribution in [1.29, 1.82) is 0 Å². The average molecular weight is 424 g/mol. The molecule has 0 radical (unpaired) electrons. The van der Waals surface area contributed by atoms with Crippen LogP contribution in [0.2, 0.25) is 0 Å². The van der Waals surface area contributed by atoms with Gasteiger partial charge in [0, 0.05) is 5.56 Å². The van der Waals surface area contributed by atoms with Crippen LogP contribution < -0.4 is 24.4 Å². The zero-order valence-electron chi connectivity index (χ0n) is 16.7. The minimum absolute atomic E-state index is 0.0830. The quantitative estimate of drug-likeness (QED) is 0.669. The molecule has 3 aromatic rings. The molecule has 2 heterocycles. The molecule has 1 aliphatic rings. The molecule has 8 heteroatoms. The zero-order valence-corrected chi connectivity index (χ0v) is 17.5. The van der Waals surface area contributed by atoms with E-state index in [9.17, 15) is 9.59 Å². The predicted molar refractivity (Wildman–Crippen MR) is 116 cm³/mol. The van der Waals surface area contributed by atoms with Crippen molar-refractivity contribution in [3.8, 4) is 28.4 Å². The normalized spacial score (nSPS) is 12.8. The highest BCUT2D eigenvalue weighted by molar-refractivity contribution is 7.08. The molecule has 4 rings (SSSR count). The number of anilines is 2. The SMILES string of the molecule is COc1cc(C(=O)N2CC(=O)Nc3cc(-c4ccsc4)ccc32)cc(OC)c1OC. The number of hydrogen-bond acceptors (Lipinski definition) is 6. The third-order valence-electron chi connectivity index (χ3n) is 4.87. The molecule has 0 unspecified atom stereocenters. The maximum atomic E-state index is 13.4. The highest BCUT2D eigenvalue weighted by atomic mass is 32.1. The first kappa shape index (κ1) is 19.8. The van der Waals surface area contributed by atoms with Crippen LogP contribution >= 0.6 is 11.3 Å². The van der Waals surface area contributed by atoms with Gasteiger partial charge in [-0.05, 0) is 52.2 Å². The van der Waals surface area contributed by atoms with E-state index in [4.69, 9.17) is 14.2 Å². The van der Waals surface area contributed by atoms with Crippen LogP contribution in [-0.2, 0) is 4.79 Å². The van der Waals surface area contributed by atoms with E-state index in [1.54, 1.807) is 23.5 Å². The van der Waals surface area contributed by atoms with Gasteiger partial charge in [-0.1, -0.05) is 6.07 Å². The molecule has 1 aromatic heterocycles. The summed E-state index contributed by atoms with van der Waals surface area (Å²) in [5, 5.41) is 6.89. The van der Waals surface area contributed by atoms with Crippen LogP contribution in [0, 0.1) is 0 Å². The van der Waals surface area contributed by atoms with Crippen molar-refractivity contribution >= 4 is 34.5 Å². The Morgan fingerprint density at radius 3 is 2.33 bits per heavy atom. The van der Waals surface area contributed by atoms with Gasteiger partial charge in [0.1, 0.15) is 6.54 Å². The van der Waals surface area contributed by atoms with Gasteiger partial charge < -0.3 is 19.5 Å². The molecule has 154 valence electrons. The number of nitrogens with zero attached hydrogens (tertiary/aromatic N) is 1. The Morgan fingerprint density at radius 2 is 1.73 bits per heavy atom. The number of methoxy groups -OCH3 is 3. The molecule has 0 saturated carbocycles. The Bertz CT molecular complexity index is 1090. The number of amides is 2. The average Bonchev–Trinajstić information content (AvgIpc) is 3.31. The molecule has 0 atom stereocenters. The summed E-state index contributed by atoms with van der Waals surface area (Å²) in [5.41, 5.74) is 3.58. The number of carbonyl (C=O) groups excluding carboxylic acids is 2. The number of hydrogen-bond donors (Lipinski definition) is 1. The van der Waals surface area contributed by atoms with E-state index >= 15 is 0 Å². The summed E-state index contributed by atoms with van der Waals surface area (Å²) in [6, 6.07) is 10.8. The van der Waals surface area contributed by atoms with Gasteiger partial charge >= 0.3 is 0 Å². The van der Waals surface area contributed by atoms with Crippen molar-refractivity contribution in [3.63, 3.8) is 0 Å². The molecule has 0 aliphatic carbocycles. The van der Waals surface area contributed by atoms with Crippen molar-refractivity contribution in [2.75, 3.05) is 38.1 Å². The summed E-state index contributed by atoms with van der Waals surface area (Å²) in [6.45, 7) is -0.0830. The fraction of sp³-hybridized carbons (Fsp3) is 0.182. The third kappa shape index (κ3) is 3.46. The van der Waals surface area contributed by atoms with E-state index in [0.29, 0.717) is 34.2 Å². The monoisotopic (exact) mass is 424 g/mol. The first-order valence-corrected chi connectivity index (χ1v) is 10.1. The Balaban J connectivity index is 1.75. The van der Waals surface area contributed by atoms with Crippen molar-refractivity contribution in [1.82, 2.24) is 0 Å². The van der Waals surface area contributed by atoms with E-state index < -0.39 is 0 Å². The Hall–Kier alpha value is -3.52. The maximum Gasteiger partial charge on any atom is 0.259 e. The molecule has 0 fully saturated rings. The van der Waals surface area contributed by atoms with Gasteiger partial charge in [-0.2, -0.15) is 11.3 Å². The lowest BCUT2D eigenvalue weighted by molar-refractivity contribution is -0.115. The summed E-state index contributed by atoms with van der Waals surface area (Å²) in [5.74, 6) is 0.539. The highest BCUT2D eigenvalue weighted by Gasteiger charge is 2.29. The summed E-state index contributed by atoms with van der Waals surface area (Å²) >= 11 is 1.60. The van der Waals surface area contributed by atoms with E-state index in [2.05, 4.69) is 5.32 Å². The Kier molecular flexibility index (Phi) is 5.33. The van der Waals surface area contributed by atoms with Crippen LogP contribution in [0.1, 0.15) is 10.4 Å². The number of nitrogens with one attached hydrogen (secondary N) is 1. The van der Waals surface area contributed by atoms with Gasteiger partial charge in [-0.3, -0.25) is 14.5 Å². The molecular formula is C22H20N2O5S. The highest BCUT2D eigenvalue weighted by Crippen LogP contribution is 2.40. The first-order valence-electron chi connectivity index (χ1n) is 9.14. The van der Waals surface area contributed by atoms with Crippen LogP contribution in [-0.4, -0.2) is 39.7 Å². The number of ether oxygens (including phenoxy) is 3. The molecule has 1 N–H and O–H groups in total. The lowest BCUT2D eigenvalue weighted by atomic mass is 10.0. The number of thiophene rings is 1. The van der Waals surface area contributed by atoms with Gasteiger partial charge in [0.25, 0.3) is 5.91 Å². The number of carbonyl (C=O) groups is 2. The summed E-state index contributed by atoms with van der Waals surface area (Å²) in [6.07, 6.45) is 0. The van der Waals surface area contributed by atoms with Crippen molar-refractivity contribution < 1.29 is 23.8 Å². The van der Waals surface area contributed by atoms with Crippen molar-refractivity contribution in [3.05, 3.63) is 52.7 Å². The van der Waals surface area contributed by atoms with E-state index in [0.717, 1.165) is 11.1 Å². The van der Waals surface area contributed by atoms with Crippen molar-refractivity contribution in [2.24, 2.45) is 0 Å². The summed E-state index contributed by atoms with van der Waals surface area (Å²) < 4.78 is 16.0. The fourth-order valence-corrected chi connectivity index (χ4v) is 4.10.